The Morgan fingerprint density at radius 2 is 1.97 bits per heavy atom. The standard InChI is InChI=1S/C21H23NO6S/c1-14(2)12-27-16-8-6-15(11-17(16)26-3)7-9-20(24)28-13-19(23)22-21(25)18-5-4-10-29-18/h4-11,14H,12-13H2,1-3H3,(H,22,23,25)/b9-7+. The molecule has 154 valence electrons. The van der Waals surface area contributed by atoms with Gasteiger partial charge in [-0.15, -0.1) is 11.3 Å². The Balaban J connectivity index is 1.85. The van der Waals surface area contributed by atoms with E-state index in [1.807, 2.05) is 13.8 Å². The molecule has 0 fully saturated rings. The Bertz CT molecular complexity index is 873. The van der Waals surface area contributed by atoms with E-state index >= 15 is 0 Å². The summed E-state index contributed by atoms with van der Waals surface area (Å²) in [6, 6.07) is 8.55. The minimum atomic E-state index is -0.706. The maximum Gasteiger partial charge on any atom is 0.331 e. The van der Waals surface area contributed by atoms with Crippen molar-refractivity contribution >= 4 is 35.2 Å². The van der Waals surface area contributed by atoms with E-state index in [0.717, 1.165) is 0 Å². The molecule has 1 aromatic carbocycles. The van der Waals surface area contributed by atoms with E-state index < -0.39 is 24.4 Å². The number of ether oxygens (including phenoxy) is 3. The lowest BCUT2D eigenvalue weighted by atomic mass is 10.2. The van der Waals surface area contributed by atoms with E-state index in [-0.39, 0.29) is 0 Å². The van der Waals surface area contributed by atoms with Gasteiger partial charge in [0.1, 0.15) is 0 Å². The van der Waals surface area contributed by atoms with Crippen molar-refractivity contribution in [2.24, 2.45) is 5.92 Å². The summed E-state index contributed by atoms with van der Waals surface area (Å²) in [7, 11) is 1.54. The van der Waals surface area contributed by atoms with E-state index in [0.29, 0.717) is 34.5 Å². The normalized spacial score (nSPS) is 10.8. The van der Waals surface area contributed by atoms with Gasteiger partial charge in [0.2, 0.25) is 0 Å². The number of carbonyl (C=O) groups excluding carboxylic acids is 3. The van der Waals surface area contributed by atoms with Gasteiger partial charge in [0.05, 0.1) is 18.6 Å². The van der Waals surface area contributed by atoms with Gasteiger partial charge in [-0.25, -0.2) is 4.79 Å². The molecular formula is C21H23NO6S. The first kappa shape index (κ1) is 22.2. The summed E-state index contributed by atoms with van der Waals surface area (Å²) < 4.78 is 15.8. The van der Waals surface area contributed by atoms with Crippen molar-refractivity contribution in [3.63, 3.8) is 0 Å². The van der Waals surface area contributed by atoms with Crippen LogP contribution in [0.1, 0.15) is 29.1 Å². The van der Waals surface area contributed by atoms with Crippen molar-refractivity contribution in [1.29, 1.82) is 0 Å². The monoisotopic (exact) mass is 417 g/mol. The summed E-state index contributed by atoms with van der Waals surface area (Å²) in [6.45, 7) is 4.11. The number of nitrogens with one attached hydrogen (secondary N) is 1. The molecule has 0 unspecified atom stereocenters. The molecule has 1 aromatic heterocycles. The van der Waals surface area contributed by atoms with Crippen LogP contribution in [0.25, 0.3) is 6.08 Å². The number of benzene rings is 1. The van der Waals surface area contributed by atoms with Crippen LogP contribution in [0.5, 0.6) is 11.5 Å². The highest BCUT2D eigenvalue weighted by Gasteiger charge is 2.12. The van der Waals surface area contributed by atoms with Gasteiger partial charge in [-0.3, -0.25) is 14.9 Å². The number of carbonyl (C=O) groups is 3. The number of thiophene rings is 1. The van der Waals surface area contributed by atoms with Gasteiger partial charge in [-0.05, 0) is 41.1 Å². The summed E-state index contributed by atoms with van der Waals surface area (Å²) >= 11 is 1.21. The molecule has 7 nitrogen and oxygen atoms in total. The van der Waals surface area contributed by atoms with E-state index in [1.54, 1.807) is 35.7 Å². The molecule has 0 saturated carbocycles. The minimum Gasteiger partial charge on any atom is -0.493 e. The molecule has 0 aliphatic carbocycles. The average Bonchev–Trinajstić information content (AvgIpc) is 3.24. The Morgan fingerprint density at radius 3 is 2.62 bits per heavy atom. The van der Waals surface area contributed by atoms with Crippen LogP contribution >= 0.6 is 11.3 Å². The second-order valence-electron chi connectivity index (χ2n) is 6.41. The highest BCUT2D eigenvalue weighted by atomic mass is 32.1. The third-order valence-electron chi connectivity index (χ3n) is 3.52. The number of imide groups is 1. The summed E-state index contributed by atoms with van der Waals surface area (Å²) in [5.41, 5.74) is 0.702. The Kier molecular flexibility index (Phi) is 8.42. The van der Waals surface area contributed by atoms with Gasteiger partial charge in [-0.1, -0.05) is 26.0 Å². The first-order valence-electron chi connectivity index (χ1n) is 8.92. The maximum atomic E-state index is 11.8. The molecular weight excluding hydrogens is 394 g/mol. The molecule has 1 N–H and O–H groups in total. The van der Waals surface area contributed by atoms with Gasteiger partial charge in [-0.2, -0.15) is 0 Å². The maximum absolute atomic E-state index is 11.8. The summed E-state index contributed by atoms with van der Waals surface area (Å²) in [5.74, 6) is -0.378. The van der Waals surface area contributed by atoms with Crippen molar-refractivity contribution in [3.8, 4) is 11.5 Å². The number of methoxy groups -OCH3 is 1. The zero-order valence-electron chi connectivity index (χ0n) is 16.5. The van der Waals surface area contributed by atoms with Gasteiger partial charge in [0.25, 0.3) is 11.8 Å². The minimum absolute atomic E-state index is 0.381. The number of esters is 1. The second-order valence-corrected chi connectivity index (χ2v) is 7.36. The fourth-order valence-electron chi connectivity index (χ4n) is 2.14. The molecule has 0 bridgehead atoms. The second kappa shape index (κ2) is 11.0. The molecule has 0 aliphatic heterocycles. The fourth-order valence-corrected chi connectivity index (χ4v) is 2.76. The van der Waals surface area contributed by atoms with Crippen LogP contribution in [-0.2, 0) is 14.3 Å². The lowest BCUT2D eigenvalue weighted by Crippen LogP contribution is -2.33. The van der Waals surface area contributed by atoms with Crippen LogP contribution in [-0.4, -0.2) is 38.1 Å². The van der Waals surface area contributed by atoms with E-state index in [9.17, 15) is 14.4 Å². The molecule has 8 heteroatoms. The Hall–Kier alpha value is -3.13. The number of hydrogen-bond donors (Lipinski definition) is 1. The van der Waals surface area contributed by atoms with Crippen molar-refractivity contribution in [2.45, 2.75) is 13.8 Å². The smallest absolute Gasteiger partial charge is 0.331 e. The van der Waals surface area contributed by atoms with E-state index in [1.165, 1.54) is 30.6 Å². The van der Waals surface area contributed by atoms with E-state index in [4.69, 9.17) is 14.2 Å². The van der Waals surface area contributed by atoms with Crippen molar-refractivity contribution in [3.05, 3.63) is 52.2 Å². The van der Waals surface area contributed by atoms with Crippen molar-refractivity contribution in [1.82, 2.24) is 5.32 Å². The predicted molar refractivity (Wildman–Crippen MR) is 110 cm³/mol. The van der Waals surface area contributed by atoms with Crippen molar-refractivity contribution < 1.29 is 28.6 Å². The first-order chi connectivity index (χ1) is 13.9. The SMILES string of the molecule is COc1cc(/C=C/C(=O)OCC(=O)NC(=O)c2cccs2)ccc1OCC(C)C. The summed E-state index contributed by atoms with van der Waals surface area (Å²) in [5, 5.41) is 3.88. The highest BCUT2D eigenvalue weighted by molar-refractivity contribution is 7.12. The average molecular weight is 417 g/mol. The van der Waals surface area contributed by atoms with Crippen LogP contribution in [0.3, 0.4) is 0 Å². The molecule has 29 heavy (non-hydrogen) atoms. The topological polar surface area (TPSA) is 90.9 Å². The zero-order chi connectivity index (χ0) is 21.2. The Labute approximate surface area is 173 Å². The molecule has 0 saturated heterocycles. The van der Waals surface area contributed by atoms with Crippen molar-refractivity contribution in [2.75, 3.05) is 20.3 Å². The predicted octanol–water partition coefficient (Wildman–Crippen LogP) is 3.30. The fraction of sp³-hybridized carbons (Fsp3) is 0.286. The molecule has 2 aromatic rings. The Morgan fingerprint density at radius 1 is 1.17 bits per heavy atom. The lowest BCUT2D eigenvalue weighted by molar-refractivity contribution is -0.143. The molecule has 0 atom stereocenters. The number of amides is 2. The van der Waals surface area contributed by atoms with Gasteiger partial charge < -0.3 is 14.2 Å². The number of rotatable bonds is 9. The number of hydrogen-bond acceptors (Lipinski definition) is 7. The highest BCUT2D eigenvalue weighted by Crippen LogP contribution is 2.29. The largest absolute Gasteiger partial charge is 0.493 e. The molecule has 1 heterocycles. The van der Waals surface area contributed by atoms with Crippen LogP contribution < -0.4 is 14.8 Å². The third-order valence-corrected chi connectivity index (χ3v) is 4.38. The third kappa shape index (κ3) is 7.42. The first-order valence-corrected chi connectivity index (χ1v) is 9.80. The van der Waals surface area contributed by atoms with Gasteiger partial charge in [0, 0.05) is 6.08 Å². The zero-order valence-corrected chi connectivity index (χ0v) is 17.3. The molecule has 0 spiro atoms. The molecule has 0 aliphatic rings. The quantitative estimate of drug-likeness (QED) is 0.497. The van der Waals surface area contributed by atoms with E-state index in [2.05, 4.69) is 5.32 Å². The van der Waals surface area contributed by atoms with Crippen LogP contribution in [0, 0.1) is 5.92 Å². The van der Waals surface area contributed by atoms with Gasteiger partial charge >= 0.3 is 5.97 Å². The van der Waals surface area contributed by atoms with Gasteiger partial charge in [0.15, 0.2) is 18.1 Å². The lowest BCUT2D eigenvalue weighted by Gasteiger charge is -2.12. The molecule has 0 radical (unpaired) electrons. The van der Waals surface area contributed by atoms with Crippen LogP contribution in [0.15, 0.2) is 41.8 Å². The van der Waals surface area contributed by atoms with Crippen LogP contribution in [0.4, 0.5) is 0 Å². The summed E-state index contributed by atoms with van der Waals surface area (Å²) in [4.78, 5) is 35.7. The molecule has 2 rings (SSSR count). The molecule has 2 amide bonds. The van der Waals surface area contributed by atoms with Crippen LogP contribution in [0.2, 0.25) is 0 Å². The summed E-state index contributed by atoms with van der Waals surface area (Å²) in [6.07, 6.45) is 2.73.